The van der Waals surface area contributed by atoms with Crippen LogP contribution in [0.1, 0.15) is 27.0 Å². The van der Waals surface area contributed by atoms with Crippen LogP contribution in [0.4, 0.5) is 13.2 Å². The van der Waals surface area contributed by atoms with Gasteiger partial charge in [0.2, 0.25) is 0 Å². The van der Waals surface area contributed by atoms with Gasteiger partial charge in [0.25, 0.3) is 5.91 Å². The van der Waals surface area contributed by atoms with Crippen LogP contribution in [0.25, 0.3) is 5.65 Å². The Kier molecular flexibility index (Phi) is 3.84. The number of thiophene rings is 1. The number of amides is 1. The minimum Gasteiger partial charge on any atom is -0.321 e. The number of alkyl halides is 3. The molecule has 3 aromatic rings. The van der Waals surface area contributed by atoms with E-state index in [1.54, 1.807) is 11.6 Å². The highest BCUT2D eigenvalue weighted by molar-refractivity contribution is 9.10. The molecule has 0 fully saturated rings. The number of nitrogens with zero attached hydrogens (tertiary/aromatic N) is 4. The second kappa shape index (κ2) is 5.80. The fourth-order valence-electron chi connectivity index (χ4n) is 2.99. The zero-order valence-electron chi connectivity index (χ0n) is 12.5. The molecule has 3 aromatic heterocycles. The Morgan fingerprint density at radius 2 is 2.20 bits per heavy atom. The van der Waals surface area contributed by atoms with Crippen molar-refractivity contribution in [1.82, 2.24) is 19.5 Å². The van der Waals surface area contributed by atoms with E-state index in [0.29, 0.717) is 21.4 Å². The van der Waals surface area contributed by atoms with Gasteiger partial charge in [0.1, 0.15) is 0 Å². The van der Waals surface area contributed by atoms with Crippen LogP contribution in [0.15, 0.2) is 34.4 Å². The van der Waals surface area contributed by atoms with Gasteiger partial charge in [-0.15, -0.1) is 11.3 Å². The molecule has 0 radical (unpaired) electrons. The van der Waals surface area contributed by atoms with Crippen LogP contribution in [0.5, 0.6) is 0 Å². The summed E-state index contributed by atoms with van der Waals surface area (Å²) in [6.45, 7) is 0.00151. The monoisotopic (exact) mass is 430 g/mol. The summed E-state index contributed by atoms with van der Waals surface area (Å²) in [4.78, 5) is 18.4. The van der Waals surface area contributed by atoms with Crippen molar-refractivity contribution in [3.8, 4) is 0 Å². The molecule has 5 nitrogen and oxygen atoms in total. The third-order valence-electron chi connectivity index (χ3n) is 4.04. The van der Waals surface area contributed by atoms with Gasteiger partial charge >= 0.3 is 6.18 Å². The minimum atomic E-state index is -4.55. The van der Waals surface area contributed by atoms with E-state index in [4.69, 9.17) is 0 Å². The molecule has 1 atom stereocenters. The van der Waals surface area contributed by atoms with E-state index in [9.17, 15) is 18.0 Å². The number of carbonyl (C=O) groups is 1. The highest BCUT2D eigenvalue weighted by Gasteiger charge is 2.49. The number of halogens is 4. The SMILES string of the molecule is O=C(c1cc2ncc(Br)cn2n1)N1CCc2sccc2C1C(F)(F)F. The normalized spacial score (nSPS) is 17.8. The summed E-state index contributed by atoms with van der Waals surface area (Å²) in [7, 11) is 0. The van der Waals surface area contributed by atoms with Crippen molar-refractivity contribution >= 4 is 38.8 Å². The molecule has 1 aliphatic heterocycles. The Hall–Kier alpha value is -1.94. The second-order valence-corrected chi connectivity index (χ2v) is 7.51. The first-order chi connectivity index (χ1) is 11.8. The lowest BCUT2D eigenvalue weighted by molar-refractivity contribution is -0.181. The van der Waals surface area contributed by atoms with E-state index in [1.807, 2.05) is 0 Å². The Bertz CT molecular complexity index is 967. The van der Waals surface area contributed by atoms with Crippen LogP contribution in [-0.2, 0) is 6.42 Å². The van der Waals surface area contributed by atoms with Gasteiger partial charge in [-0.2, -0.15) is 18.3 Å². The Morgan fingerprint density at radius 1 is 1.40 bits per heavy atom. The molecule has 0 aromatic carbocycles. The highest BCUT2D eigenvalue weighted by atomic mass is 79.9. The molecule has 0 bridgehead atoms. The first-order valence-corrected chi connectivity index (χ1v) is 8.97. The van der Waals surface area contributed by atoms with Crippen LogP contribution in [0.3, 0.4) is 0 Å². The molecule has 4 heterocycles. The van der Waals surface area contributed by atoms with E-state index in [-0.39, 0.29) is 17.8 Å². The molecule has 1 aliphatic rings. The van der Waals surface area contributed by atoms with E-state index in [1.165, 1.54) is 34.2 Å². The maximum atomic E-state index is 13.6. The zero-order valence-corrected chi connectivity index (χ0v) is 14.9. The summed E-state index contributed by atoms with van der Waals surface area (Å²) in [6.07, 6.45) is -1.02. The predicted molar refractivity (Wildman–Crippen MR) is 88.5 cm³/mol. The third kappa shape index (κ3) is 2.82. The van der Waals surface area contributed by atoms with E-state index < -0.39 is 18.1 Å². The van der Waals surface area contributed by atoms with E-state index in [2.05, 4.69) is 26.0 Å². The van der Waals surface area contributed by atoms with Crippen molar-refractivity contribution in [3.05, 3.63) is 50.5 Å². The molecule has 1 amide bonds. The maximum Gasteiger partial charge on any atom is 0.413 e. The summed E-state index contributed by atoms with van der Waals surface area (Å²) in [5, 5.41) is 5.71. The molecule has 1 unspecified atom stereocenters. The number of rotatable bonds is 1. The van der Waals surface area contributed by atoms with Crippen LogP contribution in [0, 0.1) is 0 Å². The summed E-state index contributed by atoms with van der Waals surface area (Å²) < 4.78 is 43.0. The number of carbonyl (C=O) groups excluding carboxylic acids is 1. The fraction of sp³-hybridized carbons (Fsp3) is 0.267. The standard InChI is InChI=1S/C15H10BrF3N4OS/c16-8-6-20-12-5-10(21-23(12)7-8)14(24)22-3-1-11-9(2-4-25-11)13(22)15(17,18)19/h2,4-7,13H,1,3H2. The lowest BCUT2D eigenvalue weighted by Gasteiger charge is -2.36. The summed E-state index contributed by atoms with van der Waals surface area (Å²) in [5.74, 6) is -0.749. The molecule has 130 valence electrons. The quantitative estimate of drug-likeness (QED) is 0.588. The first kappa shape index (κ1) is 16.5. The maximum absolute atomic E-state index is 13.6. The summed E-state index contributed by atoms with van der Waals surface area (Å²) in [6, 6.07) is 0.894. The van der Waals surface area contributed by atoms with Gasteiger partial charge < -0.3 is 4.90 Å². The number of hydrogen-bond donors (Lipinski definition) is 0. The summed E-state index contributed by atoms with van der Waals surface area (Å²) in [5.41, 5.74) is 0.489. The van der Waals surface area contributed by atoms with Crippen molar-refractivity contribution in [2.24, 2.45) is 0 Å². The zero-order chi connectivity index (χ0) is 17.8. The van der Waals surface area contributed by atoms with Crippen molar-refractivity contribution in [2.45, 2.75) is 18.6 Å². The topological polar surface area (TPSA) is 50.5 Å². The van der Waals surface area contributed by atoms with E-state index in [0.717, 1.165) is 4.90 Å². The van der Waals surface area contributed by atoms with Crippen LogP contribution in [-0.4, -0.2) is 38.1 Å². The molecular formula is C15H10BrF3N4OS. The third-order valence-corrected chi connectivity index (χ3v) is 5.44. The van der Waals surface area contributed by atoms with Crippen LogP contribution >= 0.6 is 27.3 Å². The molecule has 0 aliphatic carbocycles. The number of fused-ring (bicyclic) bond motifs is 2. The average Bonchev–Trinajstić information content (AvgIpc) is 3.17. The molecular weight excluding hydrogens is 421 g/mol. The Balaban J connectivity index is 1.75. The van der Waals surface area contributed by atoms with Crippen molar-refractivity contribution in [2.75, 3.05) is 6.54 Å². The van der Waals surface area contributed by atoms with Crippen molar-refractivity contribution < 1.29 is 18.0 Å². The average molecular weight is 431 g/mol. The molecule has 4 rings (SSSR count). The van der Waals surface area contributed by atoms with E-state index >= 15 is 0 Å². The molecule has 0 saturated carbocycles. The van der Waals surface area contributed by atoms with Gasteiger partial charge in [0.05, 0.1) is 4.47 Å². The predicted octanol–water partition coefficient (Wildman–Crippen LogP) is 3.86. The van der Waals surface area contributed by atoms with Crippen LogP contribution in [0.2, 0.25) is 0 Å². The lowest BCUT2D eigenvalue weighted by atomic mass is 9.99. The Morgan fingerprint density at radius 3 is 2.96 bits per heavy atom. The molecule has 25 heavy (non-hydrogen) atoms. The first-order valence-electron chi connectivity index (χ1n) is 7.29. The van der Waals surface area contributed by atoms with Gasteiger partial charge in [0.15, 0.2) is 17.4 Å². The van der Waals surface area contributed by atoms with Gasteiger partial charge in [-0.05, 0) is 39.4 Å². The smallest absolute Gasteiger partial charge is 0.321 e. The fourth-order valence-corrected chi connectivity index (χ4v) is 4.19. The largest absolute Gasteiger partial charge is 0.413 e. The van der Waals surface area contributed by atoms with Gasteiger partial charge in [-0.25, -0.2) is 9.50 Å². The van der Waals surface area contributed by atoms with Crippen LogP contribution < -0.4 is 0 Å². The van der Waals surface area contributed by atoms with Gasteiger partial charge in [-0.3, -0.25) is 4.79 Å². The number of aromatic nitrogens is 3. The molecule has 0 N–H and O–H groups in total. The van der Waals surface area contributed by atoms with Gasteiger partial charge in [0, 0.05) is 29.9 Å². The van der Waals surface area contributed by atoms with Gasteiger partial charge in [-0.1, -0.05) is 0 Å². The molecule has 0 saturated heterocycles. The molecule has 0 spiro atoms. The number of hydrogen-bond acceptors (Lipinski definition) is 4. The molecule has 10 heteroatoms. The Labute approximate surface area is 152 Å². The lowest BCUT2D eigenvalue weighted by Crippen LogP contribution is -2.46. The highest BCUT2D eigenvalue weighted by Crippen LogP contribution is 2.44. The second-order valence-electron chi connectivity index (χ2n) is 5.60. The summed E-state index contributed by atoms with van der Waals surface area (Å²) >= 11 is 4.53. The van der Waals surface area contributed by atoms with Crippen molar-refractivity contribution in [3.63, 3.8) is 0 Å². The van der Waals surface area contributed by atoms with Crippen molar-refractivity contribution in [1.29, 1.82) is 0 Å². The minimum absolute atomic E-state index is 0.00151.